The summed E-state index contributed by atoms with van der Waals surface area (Å²) in [6, 6.07) is 5.15. The maximum Gasteiger partial charge on any atom is 0.422 e. The van der Waals surface area contributed by atoms with Gasteiger partial charge in [-0.2, -0.15) is 13.2 Å². The van der Waals surface area contributed by atoms with Gasteiger partial charge in [-0.15, -0.1) is 24.0 Å². The lowest BCUT2D eigenvalue weighted by Gasteiger charge is -2.14. The Morgan fingerprint density at radius 2 is 1.90 bits per heavy atom. The smallest absolute Gasteiger partial charge is 0.422 e. The van der Waals surface area contributed by atoms with E-state index >= 15 is 0 Å². The fraction of sp³-hybridized carbons (Fsp3) is 0.632. The van der Waals surface area contributed by atoms with E-state index in [-0.39, 0.29) is 36.3 Å². The quantitative estimate of drug-likeness (QED) is 0.186. The fourth-order valence-corrected chi connectivity index (χ4v) is 2.22. The zero-order valence-electron chi connectivity index (χ0n) is 17.1. The Balaban J connectivity index is 0.00000784. The van der Waals surface area contributed by atoms with E-state index in [1.165, 1.54) is 0 Å². The minimum atomic E-state index is -4.38. The number of aliphatic imine (C=N–C) groups is 1. The minimum Gasteiger partial charge on any atom is -0.484 e. The number of nitrogens with zero attached hydrogens (tertiary/aromatic N) is 1. The van der Waals surface area contributed by atoms with E-state index in [4.69, 9.17) is 14.2 Å². The van der Waals surface area contributed by atoms with Crippen LogP contribution >= 0.6 is 24.0 Å². The highest BCUT2D eigenvalue weighted by Crippen LogP contribution is 2.24. The molecule has 0 aliphatic carbocycles. The number of aryl methyl sites for hydroxylation is 1. The monoisotopic (exact) mass is 533 g/mol. The summed E-state index contributed by atoms with van der Waals surface area (Å²) in [4.78, 5) is 4.44. The Kier molecular flexibility index (Phi) is 14.9. The largest absolute Gasteiger partial charge is 0.484 e. The second kappa shape index (κ2) is 15.6. The third kappa shape index (κ3) is 13.6. The summed E-state index contributed by atoms with van der Waals surface area (Å²) in [6.07, 6.45) is -3.59. The van der Waals surface area contributed by atoms with Crippen LogP contribution in [0.15, 0.2) is 23.2 Å². The number of methoxy groups -OCH3 is 1. The standard InChI is InChI=1S/C19H30F3N3O3.HI/c1-4-23-18(24-8-5-9-27-11-10-26-3)25-13-16-7-6-15(2)12-17(16)28-14-19(20,21)22;/h6-7,12H,4-5,8-11,13-14H2,1-3H3,(H2,23,24,25);1H. The van der Waals surface area contributed by atoms with Gasteiger partial charge in [0.15, 0.2) is 12.6 Å². The minimum absolute atomic E-state index is 0. The molecule has 0 saturated carbocycles. The number of rotatable bonds is 12. The van der Waals surface area contributed by atoms with Gasteiger partial charge >= 0.3 is 6.18 Å². The summed E-state index contributed by atoms with van der Waals surface area (Å²) in [5.41, 5.74) is 1.42. The molecule has 10 heteroatoms. The first kappa shape index (κ1) is 27.7. The van der Waals surface area contributed by atoms with Crippen LogP contribution in [0.1, 0.15) is 24.5 Å². The van der Waals surface area contributed by atoms with Crippen molar-refractivity contribution in [3.05, 3.63) is 29.3 Å². The molecule has 29 heavy (non-hydrogen) atoms. The number of hydrogen-bond acceptors (Lipinski definition) is 4. The highest BCUT2D eigenvalue weighted by Gasteiger charge is 2.28. The Labute approximate surface area is 187 Å². The molecule has 0 unspecified atom stereocenters. The second-order valence-corrected chi connectivity index (χ2v) is 6.10. The van der Waals surface area contributed by atoms with Crippen molar-refractivity contribution in [3.8, 4) is 5.75 Å². The number of guanidine groups is 1. The average molecular weight is 533 g/mol. The molecule has 0 aromatic heterocycles. The van der Waals surface area contributed by atoms with E-state index in [0.717, 1.165) is 12.0 Å². The molecule has 0 spiro atoms. The van der Waals surface area contributed by atoms with Crippen LogP contribution in [0.5, 0.6) is 5.75 Å². The maximum atomic E-state index is 12.5. The van der Waals surface area contributed by atoms with Crippen molar-refractivity contribution in [3.63, 3.8) is 0 Å². The van der Waals surface area contributed by atoms with E-state index in [2.05, 4.69) is 15.6 Å². The normalized spacial score (nSPS) is 11.7. The Bertz CT molecular complexity index is 602. The molecule has 0 radical (unpaired) electrons. The SMILES string of the molecule is CCNC(=NCc1ccc(C)cc1OCC(F)(F)F)NCCCOCCOC.I. The number of alkyl halides is 3. The number of benzene rings is 1. The van der Waals surface area contributed by atoms with Gasteiger partial charge in [0.2, 0.25) is 0 Å². The van der Waals surface area contributed by atoms with E-state index < -0.39 is 12.8 Å². The van der Waals surface area contributed by atoms with Gasteiger partial charge in [-0.1, -0.05) is 12.1 Å². The molecule has 1 aromatic rings. The molecule has 0 saturated heterocycles. The van der Waals surface area contributed by atoms with Crippen molar-refractivity contribution < 1.29 is 27.4 Å². The Morgan fingerprint density at radius 3 is 2.55 bits per heavy atom. The first-order chi connectivity index (χ1) is 13.4. The lowest BCUT2D eigenvalue weighted by atomic mass is 10.1. The van der Waals surface area contributed by atoms with Crippen molar-refractivity contribution >= 4 is 29.9 Å². The number of halogens is 4. The topological polar surface area (TPSA) is 64.1 Å². The molecule has 0 aliphatic heterocycles. The van der Waals surface area contributed by atoms with E-state index in [0.29, 0.717) is 44.4 Å². The maximum absolute atomic E-state index is 12.5. The highest BCUT2D eigenvalue weighted by molar-refractivity contribution is 14.0. The molecule has 0 aliphatic rings. The predicted octanol–water partition coefficient (Wildman–Crippen LogP) is 3.66. The second-order valence-electron chi connectivity index (χ2n) is 6.10. The Hall–Kier alpha value is -1.27. The molecule has 0 amide bonds. The third-order valence-corrected chi connectivity index (χ3v) is 3.56. The fourth-order valence-electron chi connectivity index (χ4n) is 2.22. The van der Waals surface area contributed by atoms with Crippen LogP contribution in [0.4, 0.5) is 13.2 Å². The zero-order chi connectivity index (χ0) is 20.8. The van der Waals surface area contributed by atoms with Crippen molar-refractivity contribution in [1.29, 1.82) is 0 Å². The lowest BCUT2D eigenvalue weighted by Crippen LogP contribution is -2.38. The van der Waals surface area contributed by atoms with Crippen molar-refractivity contribution in [2.75, 3.05) is 46.6 Å². The number of hydrogen-bond donors (Lipinski definition) is 2. The summed E-state index contributed by atoms with van der Waals surface area (Å²) in [6.45, 7) is 5.66. The van der Waals surface area contributed by atoms with Crippen LogP contribution in [0.25, 0.3) is 0 Å². The Morgan fingerprint density at radius 1 is 1.14 bits per heavy atom. The summed E-state index contributed by atoms with van der Waals surface area (Å²) in [5, 5.41) is 6.28. The number of nitrogens with one attached hydrogen (secondary N) is 2. The predicted molar refractivity (Wildman–Crippen MR) is 118 cm³/mol. The molecular weight excluding hydrogens is 502 g/mol. The van der Waals surface area contributed by atoms with E-state index in [9.17, 15) is 13.2 Å². The first-order valence-corrected chi connectivity index (χ1v) is 9.23. The number of ether oxygens (including phenoxy) is 3. The van der Waals surface area contributed by atoms with Crippen LogP contribution in [0, 0.1) is 6.92 Å². The zero-order valence-corrected chi connectivity index (χ0v) is 19.4. The molecular formula is C19H31F3IN3O3. The molecule has 6 nitrogen and oxygen atoms in total. The highest BCUT2D eigenvalue weighted by atomic mass is 127. The van der Waals surface area contributed by atoms with Gasteiger partial charge in [0, 0.05) is 32.4 Å². The lowest BCUT2D eigenvalue weighted by molar-refractivity contribution is -0.153. The molecule has 1 aromatic carbocycles. The molecule has 0 fully saturated rings. The molecule has 1 rings (SSSR count). The molecule has 0 bridgehead atoms. The molecule has 2 N–H and O–H groups in total. The van der Waals surface area contributed by atoms with Gasteiger partial charge in [-0.3, -0.25) is 0 Å². The van der Waals surface area contributed by atoms with Crippen molar-refractivity contribution in [1.82, 2.24) is 10.6 Å². The van der Waals surface area contributed by atoms with Crippen LogP contribution in [-0.4, -0.2) is 58.8 Å². The van der Waals surface area contributed by atoms with Crippen LogP contribution in [0.3, 0.4) is 0 Å². The van der Waals surface area contributed by atoms with Gasteiger partial charge < -0.3 is 24.8 Å². The van der Waals surface area contributed by atoms with Crippen molar-refractivity contribution in [2.24, 2.45) is 4.99 Å². The third-order valence-electron chi connectivity index (χ3n) is 3.56. The van der Waals surface area contributed by atoms with E-state index in [1.807, 2.05) is 13.0 Å². The average Bonchev–Trinajstić information content (AvgIpc) is 2.64. The van der Waals surface area contributed by atoms with Crippen LogP contribution in [0.2, 0.25) is 0 Å². The first-order valence-electron chi connectivity index (χ1n) is 9.23. The van der Waals surface area contributed by atoms with Gasteiger partial charge in [-0.25, -0.2) is 4.99 Å². The summed E-state index contributed by atoms with van der Waals surface area (Å²) >= 11 is 0. The molecule has 0 atom stereocenters. The van der Waals surface area contributed by atoms with Gasteiger partial charge in [0.25, 0.3) is 0 Å². The summed E-state index contributed by atoms with van der Waals surface area (Å²) in [7, 11) is 1.62. The van der Waals surface area contributed by atoms with Gasteiger partial charge in [0.1, 0.15) is 5.75 Å². The van der Waals surface area contributed by atoms with E-state index in [1.54, 1.807) is 26.2 Å². The summed E-state index contributed by atoms with van der Waals surface area (Å²) < 4.78 is 52.7. The summed E-state index contributed by atoms with van der Waals surface area (Å²) in [5.74, 6) is 0.783. The van der Waals surface area contributed by atoms with Crippen LogP contribution < -0.4 is 15.4 Å². The van der Waals surface area contributed by atoms with Crippen molar-refractivity contribution in [2.45, 2.75) is 33.0 Å². The molecule has 0 heterocycles. The van der Waals surface area contributed by atoms with Gasteiger partial charge in [0.05, 0.1) is 19.8 Å². The van der Waals surface area contributed by atoms with Crippen LogP contribution in [-0.2, 0) is 16.0 Å². The molecule has 168 valence electrons. The van der Waals surface area contributed by atoms with Gasteiger partial charge in [-0.05, 0) is 31.9 Å².